The van der Waals surface area contributed by atoms with Crippen molar-refractivity contribution in [3.8, 4) is 5.88 Å². The predicted molar refractivity (Wildman–Crippen MR) is 69.9 cm³/mol. The molecule has 0 aliphatic carbocycles. The number of nitrogens with one attached hydrogen (secondary N) is 1. The first kappa shape index (κ1) is 14.9. The van der Waals surface area contributed by atoms with Crippen molar-refractivity contribution in [1.29, 1.82) is 0 Å². The van der Waals surface area contributed by atoms with E-state index in [1.54, 1.807) is 6.07 Å². The molecule has 2 rings (SSSR count). The van der Waals surface area contributed by atoms with Crippen LogP contribution >= 0.6 is 0 Å². The van der Waals surface area contributed by atoms with E-state index in [2.05, 4.69) is 10.3 Å². The van der Waals surface area contributed by atoms with Gasteiger partial charge in [-0.1, -0.05) is 6.07 Å². The van der Waals surface area contributed by atoms with Crippen LogP contribution in [0.15, 0.2) is 18.2 Å². The molecule has 1 aromatic heterocycles. The molecule has 7 heteroatoms. The number of halogens is 3. The molecule has 2 heterocycles. The topological polar surface area (TPSA) is 37.4 Å². The highest BCUT2D eigenvalue weighted by Gasteiger charge is 2.34. The summed E-state index contributed by atoms with van der Waals surface area (Å²) in [6.07, 6.45) is -3.34. The van der Waals surface area contributed by atoms with Crippen LogP contribution in [0.4, 0.5) is 19.0 Å². The van der Waals surface area contributed by atoms with Gasteiger partial charge in [0.25, 0.3) is 0 Å². The SMILES string of the molecule is COc1cccc(NCC2CCN(CC(F)(F)F)C2)n1. The Morgan fingerprint density at radius 3 is 2.95 bits per heavy atom. The van der Waals surface area contributed by atoms with Gasteiger partial charge in [0.15, 0.2) is 0 Å². The fraction of sp³-hybridized carbons (Fsp3) is 0.615. The number of anilines is 1. The van der Waals surface area contributed by atoms with E-state index in [4.69, 9.17) is 4.74 Å². The summed E-state index contributed by atoms with van der Waals surface area (Å²) in [5, 5.41) is 3.15. The molecule has 4 nitrogen and oxygen atoms in total. The van der Waals surface area contributed by atoms with Crippen LogP contribution in [0.3, 0.4) is 0 Å². The Morgan fingerprint density at radius 1 is 1.45 bits per heavy atom. The van der Waals surface area contributed by atoms with Crippen LogP contribution in [0, 0.1) is 5.92 Å². The maximum atomic E-state index is 12.3. The third-order valence-corrected chi connectivity index (χ3v) is 3.28. The van der Waals surface area contributed by atoms with Crippen LogP contribution in [0.25, 0.3) is 0 Å². The predicted octanol–water partition coefficient (Wildman–Crippen LogP) is 2.39. The van der Waals surface area contributed by atoms with Gasteiger partial charge in [0.2, 0.25) is 5.88 Å². The van der Waals surface area contributed by atoms with Gasteiger partial charge in [-0.25, -0.2) is 0 Å². The summed E-state index contributed by atoms with van der Waals surface area (Å²) in [5.74, 6) is 1.41. The van der Waals surface area contributed by atoms with Crippen LogP contribution in [0.1, 0.15) is 6.42 Å². The van der Waals surface area contributed by atoms with Crippen LogP contribution in [0.5, 0.6) is 5.88 Å². The maximum Gasteiger partial charge on any atom is 0.401 e. The Morgan fingerprint density at radius 2 is 2.25 bits per heavy atom. The molecule has 1 atom stereocenters. The van der Waals surface area contributed by atoms with Gasteiger partial charge in [0, 0.05) is 19.2 Å². The molecular weight excluding hydrogens is 271 g/mol. The highest BCUT2D eigenvalue weighted by Crippen LogP contribution is 2.23. The van der Waals surface area contributed by atoms with Crippen molar-refractivity contribution in [2.75, 3.05) is 38.6 Å². The van der Waals surface area contributed by atoms with E-state index >= 15 is 0 Å². The van der Waals surface area contributed by atoms with Gasteiger partial charge >= 0.3 is 6.18 Å². The zero-order chi connectivity index (χ0) is 14.6. The van der Waals surface area contributed by atoms with Crippen LogP contribution < -0.4 is 10.1 Å². The van der Waals surface area contributed by atoms with Crippen LogP contribution in [0.2, 0.25) is 0 Å². The minimum absolute atomic E-state index is 0.213. The summed E-state index contributed by atoms with van der Waals surface area (Å²) < 4.78 is 41.9. The summed E-state index contributed by atoms with van der Waals surface area (Å²) in [7, 11) is 1.54. The average Bonchev–Trinajstić information content (AvgIpc) is 2.82. The lowest BCUT2D eigenvalue weighted by Gasteiger charge is -2.18. The lowest BCUT2D eigenvalue weighted by Crippen LogP contribution is -2.33. The van der Waals surface area contributed by atoms with Gasteiger partial charge in [-0.15, -0.1) is 0 Å². The Bertz CT molecular complexity index is 439. The molecule has 0 amide bonds. The monoisotopic (exact) mass is 289 g/mol. The molecule has 1 aromatic rings. The molecule has 0 spiro atoms. The summed E-state index contributed by atoms with van der Waals surface area (Å²) >= 11 is 0. The van der Waals surface area contributed by atoms with Crippen LogP contribution in [-0.4, -0.2) is 49.3 Å². The van der Waals surface area contributed by atoms with Crippen molar-refractivity contribution >= 4 is 5.82 Å². The fourth-order valence-electron chi connectivity index (χ4n) is 2.35. The molecule has 0 radical (unpaired) electrons. The van der Waals surface area contributed by atoms with Crippen LogP contribution in [-0.2, 0) is 0 Å². The molecule has 0 bridgehead atoms. The molecule has 1 N–H and O–H groups in total. The fourth-order valence-corrected chi connectivity index (χ4v) is 2.35. The first-order valence-corrected chi connectivity index (χ1v) is 6.50. The highest BCUT2D eigenvalue weighted by atomic mass is 19.4. The van der Waals surface area contributed by atoms with Gasteiger partial charge in [-0.3, -0.25) is 4.90 Å². The second kappa shape index (κ2) is 6.30. The Kier molecular flexibility index (Phi) is 4.69. The number of hydrogen-bond acceptors (Lipinski definition) is 4. The van der Waals surface area contributed by atoms with Crippen molar-refractivity contribution in [3.63, 3.8) is 0 Å². The number of alkyl halides is 3. The number of likely N-dealkylation sites (tertiary alicyclic amines) is 1. The molecule has 0 saturated carbocycles. The van der Waals surface area contributed by atoms with Crippen molar-refractivity contribution in [2.24, 2.45) is 5.92 Å². The molecule has 1 fully saturated rings. The van der Waals surface area contributed by atoms with E-state index < -0.39 is 12.7 Å². The van der Waals surface area contributed by atoms with Gasteiger partial charge in [-0.2, -0.15) is 18.2 Å². The number of nitrogens with zero attached hydrogens (tertiary/aromatic N) is 2. The minimum Gasteiger partial charge on any atom is -0.481 e. The van der Waals surface area contributed by atoms with Crippen molar-refractivity contribution in [3.05, 3.63) is 18.2 Å². The number of aromatic nitrogens is 1. The smallest absolute Gasteiger partial charge is 0.401 e. The molecule has 0 aromatic carbocycles. The first-order valence-electron chi connectivity index (χ1n) is 6.50. The normalized spacial score (nSPS) is 20.1. The third kappa shape index (κ3) is 4.56. The second-order valence-electron chi connectivity index (χ2n) is 4.95. The van der Waals surface area contributed by atoms with E-state index in [9.17, 15) is 13.2 Å². The van der Waals surface area contributed by atoms with Crippen molar-refractivity contribution in [2.45, 2.75) is 12.6 Å². The molecule has 1 saturated heterocycles. The van der Waals surface area contributed by atoms with Gasteiger partial charge in [-0.05, 0) is 24.9 Å². The standard InChI is InChI=1S/C13H18F3N3O/c1-20-12-4-2-3-11(18-12)17-7-10-5-6-19(8-10)9-13(14,15)16/h2-4,10H,5-9H2,1H3,(H,17,18). The molecule has 1 aliphatic heterocycles. The highest BCUT2D eigenvalue weighted by molar-refractivity contribution is 5.37. The molecule has 1 aliphatic rings. The summed E-state index contributed by atoms with van der Waals surface area (Å²) in [6.45, 7) is 0.767. The maximum absolute atomic E-state index is 12.3. The second-order valence-corrected chi connectivity index (χ2v) is 4.95. The first-order chi connectivity index (χ1) is 9.46. The molecule has 112 valence electrons. The van der Waals surface area contributed by atoms with Crippen molar-refractivity contribution in [1.82, 2.24) is 9.88 Å². The molecule has 1 unspecified atom stereocenters. The quantitative estimate of drug-likeness (QED) is 0.903. The summed E-state index contributed by atoms with van der Waals surface area (Å²) in [4.78, 5) is 5.65. The largest absolute Gasteiger partial charge is 0.481 e. The number of hydrogen-bond donors (Lipinski definition) is 1. The van der Waals surface area contributed by atoms with E-state index in [0.29, 0.717) is 31.3 Å². The average molecular weight is 289 g/mol. The summed E-state index contributed by atoms with van der Waals surface area (Å²) in [5.41, 5.74) is 0. The zero-order valence-corrected chi connectivity index (χ0v) is 11.3. The Labute approximate surface area is 115 Å². The Hall–Kier alpha value is -1.50. The number of pyridine rings is 1. The molecular formula is C13H18F3N3O. The van der Waals surface area contributed by atoms with E-state index in [1.165, 1.54) is 12.0 Å². The number of rotatable bonds is 5. The third-order valence-electron chi connectivity index (χ3n) is 3.28. The van der Waals surface area contributed by atoms with Gasteiger partial charge in [0.05, 0.1) is 13.7 Å². The van der Waals surface area contributed by atoms with E-state index in [1.807, 2.05) is 12.1 Å². The van der Waals surface area contributed by atoms with E-state index in [-0.39, 0.29) is 5.92 Å². The van der Waals surface area contributed by atoms with Gasteiger partial charge < -0.3 is 10.1 Å². The minimum atomic E-state index is -4.11. The number of ether oxygens (including phenoxy) is 1. The van der Waals surface area contributed by atoms with E-state index in [0.717, 1.165) is 6.42 Å². The lowest BCUT2D eigenvalue weighted by molar-refractivity contribution is -0.143. The lowest BCUT2D eigenvalue weighted by atomic mass is 10.1. The van der Waals surface area contributed by atoms with Gasteiger partial charge in [0.1, 0.15) is 5.82 Å². The van der Waals surface area contributed by atoms with Crippen molar-refractivity contribution < 1.29 is 17.9 Å². The number of methoxy groups -OCH3 is 1. The Balaban J connectivity index is 1.78. The summed E-state index contributed by atoms with van der Waals surface area (Å²) in [6, 6.07) is 5.37. The molecule has 20 heavy (non-hydrogen) atoms. The zero-order valence-electron chi connectivity index (χ0n) is 11.3.